The summed E-state index contributed by atoms with van der Waals surface area (Å²) < 4.78 is 55.4. The second-order valence-electron chi connectivity index (χ2n) is 6.79. The number of amides is 1. The maximum absolute atomic E-state index is 13.9. The molecule has 4 nitrogen and oxygen atoms in total. The summed E-state index contributed by atoms with van der Waals surface area (Å²) in [4.78, 5) is 16.5. The largest absolute Gasteiger partial charge is 0.416 e. The van der Waals surface area contributed by atoms with Crippen LogP contribution in [0, 0.1) is 5.82 Å². The molecule has 0 bridgehead atoms. The minimum absolute atomic E-state index is 0.0318. The van der Waals surface area contributed by atoms with Crippen LogP contribution >= 0.6 is 0 Å². The smallest absolute Gasteiger partial charge is 0.366 e. The van der Waals surface area contributed by atoms with E-state index >= 15 is 0 Å². The lowest BCUT2D eigenvalue weighted by atomic mass is 10.0. The number of primary amides is 1. The van der Waals surface area contributed by atoms with E-state index in [1.165, 1.54) is 22.8 Å². The number of alkyl halides is 3. The highest BCUT2D eigenvalue weighted by Crippen LogP contribution is 2.35. The predicted octanol–water partition coefficient (Wildman–Crippen LogP) is 5.46. The van der Waals surface area contributed by atoms with Crippen molar-refractivity contribution in [3.8, 4) is 28.3 Å². The van der Waals surface area contributed by atoms with Crippen molar-refractivity contribution in [3.63, 3.8) is 0 Å². The number of hydrogen-bond donors (Lipinski definition) is 1. The summed E-state index contributed by atoms with van der Waals surface area (Å²) >= 11 is 0. The first kappa shape index (κ1) is 20.3. The van der Waals surface area contributed by atoms with E-state index in [4.69, 9.17) is 5.73 Å². The maximum Gasteiger partial charge on any atom is 0.416 e. The van der Waals surface area contributed by atoms with Crippen molar-refractivity contribution >= 4 is 5.91 Å². The second kappa shape index (κ2) is 7.71. The normalized spacial score (nSPS) is 11.5. The molecule has 0 aliphatic carbocycles. The number of nitrogens with two attached hydrogens (primary N) is 1. The Hall–Kier alpha value is -3.94. The van der Waals surface area contributed by atoms with E-state index < -0.39 is 23.5 Å². The average Bonchev–Trinajstić information content (AvgIpc) is 3.19. The van der Waals surface area contributed by atoms with Crippen LogP contribution in [0.25, 0.3) is 28.3 Å². The molecular formula is C23H15F4N3O. The second-order valence-corrected chi connectivity index (χ2v) is 6.79. The van der Waals surface area contributed by atoms with Crippen LogP contribution in [-0.2, 0) is 6.18 Å². The Morgan fingerprint density at radius 1 is 0.935 bits per heavy atom. The third kappa shape index (κ3) is 4.05. The van der Waals surface area contributed by atoms with Gasteiger partial charge in [-0.15, -0.1) is 0 Å². The van der Waals surface area contributed by atoms with E-state index in [1.807, 2.05) is 6.07 Å². The van der Waals surface area contributed by atoms with Crippen molar-refractivity contribution in [2.45, 2.75) is 6.18 Å². The van der Waals surface area contributed by atoms with Gasteiger partial charge < -0.3 is 5.73 Å². The van der Waals surface area contributed by atoms with Crippen LogP contribution in [0.5, 0.6) is 0 Å². The van der Waals surface area contributed by atoms with E-state index in [0.717, 1.165) is 18.2 Å². The molecule has 0 spiro atoms. The van der Waals surface area contributed by atoms with Gasteiger partial charge in [0.25, 0.3) is 0 Å². The number of rotatable bonds is 4. The summed E-state index contributed by atoms with van der Waals surface area (Å²) in [5.41, 5.74) is 5.71. The number of benzene rings is 3. The Balaban J connectivity index is 2.02. The van der Waals surface area contributed by atoms with Gasteiger partial charge in [0, 0.05) is 23.0 Å². The molecule has 1 heterocycles. The molecule has 156 valence electrons. The number of carbonyl (C=O) groups excluding carboxylic acids is 1. The first-order valence-electron chi connectivity index (χ1n) is 9.16. The zero-order chi connectivity index (χ0) is 22.2. The van der Waals surface area contributed by atoms with Crippen molar-refractivity contribution in [1.82, 2.24) is 9.55 Å². The third-order valence-corrected chi connectivity index (χ3v) is 4.72. The molecule has 0 unspecified atom stereocenters. The lowest BCUT2D eigenvalue weighted by molar-refractivity contribution is -0.137. The van der Waals surface area contributed by atoms with Crippen LogP contribution in [-0.4, -0.2) is 15.5 Å². The van der Waals surface area contributed by atoms with Crippen LogP contribution in [0.3, 0.4) is 0 Å². The highest BCUT2D eigenvalue weighted by Gasteiger charge is 2.32. The van der Waals surface area contributed by atoms with E-state index in [1.54, 1.807) is 36.5 Å². The third-order valence-electron chi connectivity index (χ3n) is 4.72. The van der Waals surface area contributed by atoms with Gasteiger partial charge >= 0.3 is 6.18 Å². The van der Waals surface area contributed by atoms with Crippen molar-refractivity contribution in [2.75, 3.05) is 0 Å². The van der Waals surface area contributed by atoms with Crippen molar-refractivity contribution in [3.05, 3.63) is 95.9 Å². The van der Waals surface area contributed by atoms with Gasteiger partial charge in [0.05, 0.1) is 16.8 Å². The number of imidazole rings is 1. The summed E-state index contributed by atoms with van der Waals surface area (Å²) in [5, 5.41) is 0. The molecule has 0 saturated carbocycles. The predicted molar refractivity (Wildman–Crippen MR) is 108 cm³/mol. The van der Waals surface area contributed by atoms with Gasteiger partial charge in [-0.2, -0.15) is 13.2 Å². The standard InChI is InChI=1S/C23H15F4N3O/c24-16-7-4-8-17(12-16)30-13-20(14-5-2-1-3-6-14)29-22(30)19-11-15(23(25,26)27)9-10-18(19)21(28)31/h1-13H,(H2,28,31). The van der Waals surface area contributed by atoms with E-state index in [0.29, 0.717) is 16.9 Å². The minimum Gasteiger partial charge on any atom is -0.366 e. The topological polar surface area (TPSA) is 60.9 Å². The average molecular weight is 425 g/mol. The van der Waals surface area contributed by atoms with Crippen molar-refractivity contribution in [2.24, 2.45) is 5.73 Å². The maximum atomic E-state index is 13.9. The fraction of sp³-hybridized carbons (Fsp3) is 0.0435. The molecule has 0 radical (unpaired) electrons. The molecule has 0 fully saturated rings. The molecule has 4 aromatic rings. The highest BCUT2D eigenvalue weighted by molar-refractivity contribution is 5.99. The molecule has 0 aliphatic heterocycles. The summed E-state index contributed by atoms with van der Waals surface area (Å²) in [5.74, 6) is -1.40. The molecule has 0 saturated heterocycles. The summed E-state index contributed by atoms with van der Waals surface area (Å²) in [6.45, 7) is 0. The van der Waals surface area contributed by atoms with Gasteiger partial charge in [-0.1, -0.05) is 36.4 Å². The summed E-state index contributed by atoms with van der Waals surface area (Å²) in [6.07, 6.45) is -3.06. The first-order chi connectivity index (χ1) is 14.7. The van der Waals surface area contributed by atoms with E-state index in [-0.39, 0.29) is 17.0 Å². The molecule has 4 rings (SSSR count). The quantitative estimate of drug-likeness (QED) is 0.441. The van der Waals surface area contributed by atoms with Crippen LogP contribution in [0.1, 0.15) is 15.9 Å². The zero-order valence-electron chi connectivity index (χ0n) is 15.9. The van der Waals surface area contributed by atoms with Gasteiger partial charge in [0.15, 0.2) is 0 Å². The van der Waals surface area contributed by atoms with Gasteiger partial charge in [-0.3, -0.25) is 9.36 Å². The van der Waals surface area contributed by atoms with Crippen LogP contribution in [0.2, 0.25) is 0 Å². The Kier molecular flexibility index (Phi) is 5.06. The number of halogens is 4. The SMILES string of the molecule is NC(=O)c1ccc(C(F)(F)F)cc1-c1nc(-c2ccccc2)cn1-c1cccc(F)c1. The van der Waals surface area contributed by atoms with Gasteiger partial charge in [0.1, 0.15) is 11.6 Å². The molecule has 8 heteroatoms. The molecule has 1 amide bonds. The van der Waals surface area contributed by atoms with Crippen molar-refractivity contribution < 1.29 is 22.4 Å². The van der Waals surface area contributed by atoms with Crippen LogP contribution < -0.4 is 5.73 Å². The molecule has 0 atom stereocenters. The van der Waals surface area contributed by atoms with Crippen molar-refractivity contribution in [1.29, 1.82) is 0 Å². The van der Waals surface area contributed by atoms with Gasteiger partial charge in [0.2, 0.25) is 5.91 Å². The fourth-order valence-corrected chi connectivity index (χ4v) is 3.26. The van der Waals surface area contributed by atoms with Gasteiger partial charge in [-0.05, 0) is 36.4 Å². The van der Waals surface area contributed by atoms with Crippen LogP contribution in [0.4, 0.5) is 17.6 Å². The lowest BCUT2D eigenvalue weighted by Crippen LogP contribution is -2.15. The molecular weight excluding hydrogens is 410 g/mol. The zero-order valence-corrected chi connectivity index (χ0v) is 15.9. The lowest BCUT2D eigenvalue weighted by Gasteiger charge is -2.13. The Labute approximate surface area is 174 Å². The number of carbonyl (C=O) groups is 1. The van der Waals surface area contributed by atoms with E-state index in [2.05, 4.69) is 4.98 Å². The highest BCUT2D eigenvalue weighted by atomic mass is 19.4. The molecule has 1 aromatic heterocycles. The summed E-state index contributed by atoms with van der Waals surface area (Å²) in [7, 11) is 0. The number of nitrogens with zero attached hydrogens (tertiary/aromatic N) is 2. The molecule has 2 N–H and O–H groups in total. The Morgan fingerprint density at radius 2 is 1.68 bits per heavy atom. The molecule has 31 heavy (non-hydrogen) atoms. The Morgan fingerprint density at radius 3 is 2.32 bits per heavy atom. The minimum atomic E-state index is -4.64. The monoisotopic (exact) mass is 425 g/mol. The Bertz CT molecular complexity index is 1260. The summed E-state index contributed by atoms with van der Waals surface area (Å²) in [6, 6.07) is 17.1. The first-order valence-corrected chi connectivity index (χ1v) is 9.16. The fourth-order valence-electron chi connectivity index (χ4n) is 3.26. The number of aromatic nitrogens is 2. The van der Waals surface area contributed by atoms with Gasteiger partial charge in [-0.25, -0.2) is 9.37 Å². The van der Waals surface area contributed by atoms with E-state index in [9.17, 15) is 22.4 Å². The molecule has 0 aliphatic rings. The van der Waals surface area contributed by atoms with Crippen LogP contribution in [0.15, 0.2) is 79.0 Å². The molecule has 3 aromatic carbocycles. The number of hydrogen-bond acceptors (Lipinski definition) is 2.